The largest absolute Gasteiger partial charge is 0.388 e. The monoisotopic (exact) mass is 308 g/mol. The smallest absolute Gasteiger partial charge is 0.130 e. The molecule has 0 aliphatic heterocycles. The second-order valence-corrected chi connectivity index (χ2v) is 5.20. The fourth-order valence-corrected chi connectivity index (χ4v) is 2.32. The van der Waals surface area contributed by atoms with Crippen molar-refractivity contribution in [1.29, 1.82) is 0 Å². The van der Waals surface area contributed by atoms with Crippen LogP contribution in [-0.2, 0) is 0 Å². The molecule has 2 atom stereocenters. The van der Waals surface area contributed by atoms with Crippen LogP contribution in [-0.4, -0.2) is 5.11 Å². The van der Waals surface area contributed by atoms with Crippen LogP contribution in [0.2, 0.25) is 5.02 Å². The van der Waals surface area contributed by atoms with Crippen molar-refractivity contribution in [2.24, 2.45) is 5.92 Å². The normalized spacial score (nSPS) is 14.9. The quantitative estimate of drug-likeness (QED) is 0.799. The molecule has 90 valence electrons. The molecule has 1 nitrogen and oxygen atoms in total. The van der Waals surface area contributed by atoms with Crippen LogP contribution in [0.5, 0.6) is 0 Å². The maximum absolute atomic E-state index is 13.6. The molecule has 0 amide bonds. The summed E-state index contributed by atoms with van der Waals surface area (Å²) >= 11 is 9.22. The fourth-order valence-electron chi connectivity index (χ4n) is 1.71. The number of aliphatic hydroxyl groups is 1. The topological polar surface area (TPSA) is 20.2 Å². The summed E-state index contributed by atoms with van der Waals surface area (Å²) < 4.78 is 14.2. The van der Waals surface area contributed by atoms with Gasteiger partial charge in [0.05, 0.1) is 11.1 Å². The van der Waals surface area contributed by atoms with Crippen LogP contribution in [0.15, 0.2) is 16.6 Å². The van der Waals surface area contributed by atoms with E-state index >= 15 is 0 Å². The highest BCUT2D eigenvalue weighted by Crippen LogP contribution is 2.36. The third kappa shape index (κ3) is 2.96. The third-order valence-electron chi connectivity index (χ3n) is 2.66. The van der Waals surface area contributed by atoms with Crippen molar-refractivity contribution in [3.8, 4) is 0 Å². The molecule has 1 aromatic rings. The van der Waals surface area contributed by atoms with Crippen molar-refractivity contribution < 1.29 is 9.50 Å². The van der Waals surface area contributed by atoms with Crippen LogP contribution in [0.4, 0.5) is 4.39 Å². The zero-order valence-electron chi connectivity index (χ0n) is 9.30. The van der Waals surface area contributed by atoms with Crippen molar-refractivity contribution in [1.82, 2.24) is 0 Å². The van der Waals surface area contributed by atoms with Crippen LogP contribution < -0.4 is 0 Å². The van der Waals surface area contributed by atoms with E-state index in [0.29, 0.717) is 4.47 Å². The molecule has 0 saturated heterocycles. The van der Waals surface area contributed by atoms with Crippen molar-refractivity contribution in [2.45, 2.75) is 32.8 Å². The van der Waals surface area contributed by atoms with E-state index in [9.17, 15) is 9.50 Å². The minimum Gasteiger partial charge on any atom is -0.388 e. The SMILES string of the molecule is CCCC(C)C(O)c1c(F)ccc(Br)c1Cl. The van der Waals surface area contributed by atoms with Gasteiger partial charge in [-0.15, -0.1) is 0 Å². The summed E-state index contributed by atoms with van der Waals surface area (Å²) in [5, 5.41) is 10.3. The van der Waals surface area contributed by atoms with Gasteiger partial charge in [-0.25, -0.2) is 4.39 Å². The molecule has 1 rings (SSSR count). The Bertz CT molecular complexity index is 370. The predicted octanol–water partition coefficient (Wildman–Crippen LogP) is 4.71. The summed E-state index contributed by atoms with van der Waals surface area (Å²) in [7, 11) is 0. The van der Waals surface area contributed by atoms with E-state index in [4.69, 9.17) is 11.6 Å². The molecule has 0 saturated carbocycles. The first-order chi connectivity index (χ1) is 7.49. The summed E-state index contributed by atoms with van der Waals surface area (Å²) in [6.07, 6.45) is 0.930. The maximum Gasteiger partial charge on any atom is 0.130 e. The lowest BCUT2D eigenvalue weighted by Gasteiger charge is -2.20. The summed E-state index contributed by atoms with van der Waals surface area (Å²) in [6.45, 7) is 3.92. The van der Waals surface area contributed by atoms with Gasteiger partial charge in [0, 0.05) is 10.0 Å². The van der Waals surface area contributed by atoms with Crippen molar-refractivity contribution in [3.63, 3.8) is 0 Å². The van der Waals surface area contributed by atoms with E-state index in [-0.39, 0.29) is 16.5 Å². The van der Waals surface area contributed by atoms with Gasteiger partial charge in [-0.05, 0) is 40.4 Å². The number of halogens is 3. The van der Waals surface area contributed by atoms with Crippen molar-refractivity contribution in [2.75, 3.05) is 0 Å². The predicted molar refractivity (Wildman–Crippen MR) is 68.1 cm³/mol. The standard InChI is InChI=1S/C12H15BrClFO/c1-3-4-7(2)12(16)10-9(15)6-5-8(13)11(10)14/h5-7,12,16H,3-4H2,1-2H3. The van der Waals surface area contributed by atoms with Crippen LogP contribution >= 0.6 is 27.5 Å². The molecule has 0 aliphatic carbocycles. The minimum atomic E-state index is -0.857. The average molecular weight is 310 g/mol. The Morgan fingerprint density at radius 1 is 1.50 bits per heavy atom. The van der Waals surface area contributed by atoms with Gasteiger partial charge in [0.25, 0.3) is 0 Å². The molecule has 2 unspecified atom stereocenters. The summed E-state index contributed by atoms with van der Waals surface area (Å²) in [5.74, 6) is -0.463. The van der Waals surface area contributed by atoms with Gasteiger partial charge >= 0.3 is 0 Å². The maximum atomic E-state index is 13.6. The Morgan fingerprint density at radius 2 is 2.12 bits per heavy atom. The van der Waals surface area contributed by atoms with Gasteiger partial charge in [-0.2, -0.15) is 0 Å². The van der Waals surface area contributed by atoms with E-state index in [1.165, 1.54) is 6.07 Å². The zero-order chi connectivity index (χ0) is 12.3. The second kappa shape index (κ2) is 5.99. The average Bonchev–Trinajstić information content (AvgIpc) is 2.24. The molecule has 1 N–H and O–H groups in total. The number of rotatable bonds is 4. The minimum absolute atomic E-state index is 0.00806. The first-order valence-corrected chi connectivity index (χ1v) is 6.47. The molecule has 0 bridgehead atoms. The van der Waals surface area contributed by atoms with Crippen LogP contribution in [0, 0.1) is 11.7 Å². The number of aliphatic hydroxyl groups excluding tert-OH is 1. The molecular formula is C12H15BrClFO. The highest BCUT2D eigenvalue weighted by atomic mass is 79.9. The summed E-state index contributed by atoms with van der Waals surface area (Å²) in [6, 6.07) is 2.85. The van der Waals surface area contributed by atoms with E-state index in [1.807, 2.05) is 13.8 Å². The number of hydrogen-bond donors (Lipinski definition) is 1. The fraction of sp³-hybridized carbons (Fsp3) is 0.500. The lowest BCUT2D eigenvalue weighted by Crippen LogP contribution is -2.11. The Kier molecular flexibility index (Phi) is 5.22. The molecule has 0 spiro atoms. The zero-order valence-corrected chi connectivity index (χ0v) is 11.6. The van der Waals surface area contributed by atoms with Gasteiger partial charge < -0.3 is 5.11 Å². The molecule has 0 aliphatic rings. The second-order valence-electron chi connectivity index (χ2n) is 3.97. The van der Waals surface area contributed by atoms with E-state index < -0.39 is 11.9 Å². The highest BCUT2D eigenvalue weighted by molar-refractivity contribution is 9.10. The first kappa shape index (κ1) is 13.9. The van der Waals surface area contributed by atoms with Crippen molar-refractivity contribution >= 4 is 27.5 Å². The Hall–Kier alpha value is -0.120. The van der Waals surface area contributed by atoms with Gasteiger partial charge in [0.2, 0.25) is 0 Å². The van der Waals surface area contributed by atoms with Gasteiger partial charge in [-0.1, -0.05) is 31.9 Å². The first-order valence-electron chi connectivity index (χ1n) is 5.30. The van der Waals surface area contributed by atoms with E-state index in [0.717, 1.165) is 12.8 Å². The molecule has 0 fully saturated rings. The molecular weight excluding hydrogens is 294 g/mol. The third-order valence-corrected chi connectivity index (χ3v) is 3.95. The highest BCUT2D eigenvalue weighted by Gasteiger charge is 2.23. The lowest BCUT2D eigenvalue weighted by atomic mass is 9.93. The molecule has 0 aromatic heterocycles. The Balaban J connectivity index is 3.07. The molecule has 0 heterocycles. The molecule has 16 heavy (non-hydrogen) atoms. The van der Waals surface area contributed by atoms with Crippen LogP contribution in [0.3, 0.4) is 0 Å². The van der Waals surface area contributed by atoms with Crippen LogP contribution in [0.25, 0.3) is 0 Å². The summed E-state index contributed by atoms with van der Waals surface area (Å²) in [4.78, 5) is 0. The van der Waals surface area contributed by atoms with Crippen LogP contribution in [0.1, 0.15) is 38.4 Å². The van der Waals surface area contributed by atoms with Gasteiger partial charge in [0.1, 0.15) is 5.82 Å². The molecule has 1 aromatic carbocycles. The van der Waals surface area contributed by atoms with Gasteiger partial charge in [-0.3, -0.25) is 0 Å². The Morgan fingerprint density at radius 3 is 2.69 bits per heavy atom. The summed E-state index contributed by atoms with van der Waals surface area (Å²) in [5.41, 5.74) is 0.192. The van der Waals surface area contributed by atoms with Crippen molar-refractivity contribution in [3.05, 3.63) is 33.0 Å². The van der Waals surface area contributed by atoms with E-state index in [1.54, 1.807) is 6.07 Å². The Labute approximate surface area is 109 Å². The van der Waals surface area contributed by atoms with E-state index in [2.05, 4.69) is 15.9 Å². The molecule has 4 heteroatoms. The molecule has 0 radical (unpaired) electrons. The number of benzene rings is 1. The lowest BCUT2D eigenvalue weighted by molar-refractivity contribution is 0.108. The number of hydrogen-bond acceptors (Lipinski definition) is 1. The van der Waals surface area contributed by atoms with Gasteiger partial charge in [0.15, 0.2) is 0 Å².